The molecule has 2 rings (SSSR count). The molecule has 1 atom stereocenters. The normalized spacial score (nSPS) is 11.9. The molecule has 0 N–H and O–H groups in total. The monoisotopic (exact) mass is 265 g/mol. The van der Waals surface area contributed by atoms with Crippen molar-refractivity contribution in [1.29, 1.82) is 0 Å². The summed E-state index contributed by atoms with van der Waals surface area (Å²) in [5.41, 5.74) is -0.399. The van der Waals surface area contributed by atoms with E-state index >= 15 is 0 Å². The van der Waals surface area contributed by atoms with Gasteiger partial charge in [0.2, 0.25) is 5.82 Å². The van der Waals surface area contributed by atoms with Gasteiger partial charge in [-0.3, -0.25) is 10.1 Å². The summed E-state index contributed by atoms with van der Waals surface area (Å²) in [5.74, 6) is -1.18. The van der Waals surface area contributed by atoms with Gasteiger partial charge in [0.05, 0.1) is 4.92 Å². The smallest absolute Gasteiger partial charge is 0.305 e. The van der Waals surface area contributed by atoms with Crippen molar-refractivity contribution in [3.05, 3.63) is 70.0 Å². The highest BCUT2D eigenvalue weighted by Gasteiger charge is 2.17. The van der Waals surface area contributed by atoms with Gasteiger partial charge in [0.25, 0.3) is 6.36 Å². The largest absolute Gasteiger partial charge is 0.456 e. The van der Waals surface area contributed by atoms with Gasteiger partial charge in [0, 0.05) is 17.7 Å². The van der Waals surface area contributed by atoms with E-state index in [0.29, 0.717) is 0 Å². The molecule has 0 saturated carbocycles. The van der Waals surface area contributed by atoms with Crippen LogP contribution in [0.2, 0.25) is 0 Å². The summed E-state index contributed by atoms with van der Waals surface area (Å²) in [6, 6.07) is 10.9. The van der Waals surface area contributed by atoms with Crippen LogP contribution in [0, 0.1) is 15.9 Å². The number of alkyl halides is 1. The van der Waals surface area contributed by atoms with Crippen LogP contribution < -0.4 is 4.74 Å². The highest BCUT2D eigenvalue weighted by atomic mass is 19.1. The predicted octanol–water partition coefficient (Wildman–Crippen LogP) is 3.78. The fraction of sp³-hybridized carbons (Fsp3) is 0.0769. The maximum atomic E-state index is 13.7. The first kappa shape index (κ1) is 12.9. The lowest BCUT2D eigenvalue weighted by molar-refractivity contribution is -0.387. The zero-order valence-corrected chi connectivity index (χ0v) is 9.62. The summed E-state index contributed by atoms with van der Waals surface area (Å²) in [4.78, 5) is 9.57. The predicted molar refractivity (Wildman–Crippen MR) is 64.0 cm³/mol. The van der Waals surface area contributed by atoms with E-state index in [1.165, 1.54) is 12.1 Å². The molecule has 4 nitrogen and oxygen atoms in total. The van der Waals surface area contributed by atoms with Crippen LogP contribution in [0.1, 0.15) is 11.9 Å². The Morgan fingerprint density at radius 2 is 1.84 bits per heavy atom. The van der Waals surface area contributed by atoms with Crippen LogP contribution in [0.15, 0.2) is 48.5 Å². The van der Waals surface area contributed by atoms with Gasteiger partial charge in [-0.25, -0.2) is 0 Å². The Hall–Kier alpha value is -2.50. The van der Waals surface area contributed by atoms with E-state index in [1.807, 2.05) is 0 Å². The van der Waals surface area contributed by atoms with Crippen LogP contribution in [0.5, 0.6) is 5.75 Å². The van der Waals surface area contributed by atoms with Crippen molar-refractivity contribution in [3.8, 4) is 5.75 Å². The van der Waals surface area contributed by atoms with Gasteiger partial charge < -0.3 is 4.74 Å². The van der Waals surface area contributed by atoms with Gasteiger partial charge in [-0.1, -0.05) is 30.3 Å². The molecule has 0 aromatic heterocycles. The number of rotatable bonds is 4. The number of hydrogen-bond acceptors (Lipinski definition) is 3. The van der Waals surface area contributed by atoms with Crippen molar-refractivity contribution in [2.24, 2.45) is 0 Å². The minimum absolute atomic E-state index is 0.112. The maximum Gasteiger partial charge on any atom is 0.305 e. The standard InChI is InChI=1S/C13H9F2NO3/c14-11-8-10(6-7-12(11)16(17)18)19-13(15)9-4-2-1-3-5-9/h1-8,13H. The SMILES string of the molecule is O=[N+]([O-])c1ccc(OC(F)c2ccccc2)cc1F. The first-order chi connectivity index (χ1) is 9.08. The Balaban J connectivity index is 2.16. The molecule has 0 saturated heterocycles. The molecule has 0 spiro atoms. The molecular formula is C13H9F2NO3. The first-order valence-corrected chi connectivity index (χ1v) is 5.37. The average Bonchev–Trinajstić information content (AvgIpc) is 2.39. The number of halogens is 2. The van der Waals surface area contributed by atoms with Gasteiger partial charge in [-0.2, -0.15) is 8.78 Å². The summed E-state index contributed by atoms with van der Waals surface area (Å²) in [7, 11) is 0. The molecule has 0 heterocycles. The number of nitro groups is 1. The molecule has 1 unspecified atom stereocenters. The molecule has 0 aliphatic rings. The lowest BCUT2D eigenvalue weighted by Crippen LogP contribution is -2.02. The Kier molecular flexibility index (Phi) is 3.70. The molecular weight excluding hydrogens is 256 g/mol. The Morgan fingerprint density at radius 3 is 2.42 bits per heavy atom. The summed E-state index contributed by atoms with van der Waals surface area (Å²) >= 11 is 0. The summed E-state index contributed by atoms with van der Waals surface area (Å²) < 4.78 is 31.9. The molecule has 0 bridgehead atoms. The minimum atomic E-state index is -1.76. The van der Waals surface area contributed by atoms with Gasteiger partial charge in [-0.05, 0) is 6.07 Å². The molecule has 0 amide bonds. The molecule has 0 aliphatic heterocycles. The molecule has 6 heteroatoms. The van der Waals surface area contributed by atoms with Gasteiger partial charge in [0.15, 0.2) is 0 Å². The zero-order chi connectivity index (χ0) is 13.8. The third-order valence-electron chi connectivity index (χ3n) is 2.42. The number of nitro benzene ring substituents is 1. The Bertz CT molecular complexity index is 590. The summed E-state index contributed by atoms with van der Waals surface area (Å²) in [6.45, 7) is 0. The van der Waals surface area contributed by atoms with Gasteiger partial charge >= 0.3 is 5.69 Å². The average molecular weight is 265 g/mol. The lowest BCUT2D eigenvalue weighted by Gasteiger charge is -2.11. The van der Waals surface area contributed by atoms with Crippen LogP contribution >= 0.6 is 0 Å². The van der Waals surface area contributed by atoms with E-state index in [1.54, 1.807) is 18.2 Å². The van der Waals surface area contributed by atoms with Gasteiger partial charge in [0.1, 0.15) is 5.75 Å². The van der Waals surface area contributed by atoms with Crippen molar-refractivity contribution in [1.82, 2.24) is 0 Å². The second-order valence-corrected chi connectivity index (χ2v) is 3.71. The van der Waals surface area contributed by atoms with Crippen LogP contribution in [0.25, 0.3) is 0 Å². The quantitative estimate of drug-likeness (QED) is 0.624. The van der Waals surface area contributed by atoms with E-state index in [2.05, 4.69) is 0 Å². The molecule has 2 aromatic carbocycles. The van der Waals surface area contributed by atoms with Crippen LogP contribution in [0.3, 0.4) is 0 Å². The Morgan fingerprint density at radius 1 is 1.16 bits per heavy atom. The highest BCUT2D eigenvalue weighted by Crippen LogP contribution is 2.27. The highest BCUT2D eigenvalue weighted by molar-refractivity contribution is 5.38. The summed E-state index contributed by atoms with van der Waals surface area (Å²) in [6.07, 6.45) is -1.76. The van der Waals surface area contributed by atoms with E-state index < -0.39 is 22.8 Å². The van der Waals surface area contributed by atoms with Gasteiger partial charge in [-0.15, -0.1) is 0 Å². The molecule has 0 radical (unpaired) electrons. The van der Waals surface area contributed by atoms with Crippen LogP contribution in [-0.4, -0.2) is 4.92 Å². The van der Waals surface area contributed by atoms with Crippen molar-refractivity contribution >= 4 is 5.69 Å². The van der Waals surface area contributed by atoms with E-state index in [9.17, 15) is 18.9 Å². The second-order valence-electron chi connectivity index (χ2n) is 3.71. The lowest BCUT2D eigenvalue weighted by atomic mass is 10.2. The molecule has 0 fully saturated rings. The van der Waals surface area contributed by atoms with Crippen molar-refractivity contribution in [2.75, 3.05) is 0 Å². The van der Waals surface area contributed by atoms with Crippen LogP contribution in [0.4, 0.5) is 14.5 Å². The molecule has 19 heavy (non-hydrogen) atoms. The topological polar surface area (TPSA) is 52.4 Å². The number of benzene rings is 2. The fourth-order valence-electron chi connectivity index (χ4n) is 1.50. The summed E-state index contributed by atoms with van der Waals surface area (Å²) in [5, 5.41) is 10.4. The number of hydrogen-bond donors (Lipinski definition) is 0. The minimum Gasteiger partial charge on any atom is -0.456 e. The number of nitrogens with zero attached hydrogens (tertiary/aromatic N) is 1. The zero-order valence-electron chi connectivity index (χ0n) is 9.62. The number of ether oxygens (including phenoxy) is 1. The Labute approximate surface area is 107 Å². The first-order valence-electron chi connectivity index (χ1n) is 5.37. The molecule has 0 aliphatic carbocycles. The van der Waals surface area contributed by atoms with Crippen molar-refractivity contribution < 1.29 is 18.4 Å². The van der Waals surface area contributed by atoms with E-state index in [0.717, 1.165) is 18.2 Å². The van der Waals surface area contributed by atoms with Crippen molar-refractivity contribution in [2.45, 2.75) is 6.36 Å². The van der Waals surface area contributed by atoms with Crippen LogP contribution in [-0.2, 0) is 0 Å². The van der Waals surface area contributed by atoms with E-state index in [-0.39, 0.29) is 11.3 Å². The fourth-order valence-corrected chi connectivity index (χ4v) is 1.50. The molecule has 2 aromatic rings. The third kappa shape index (κ3) is 3.04. The van der Waals surface area contributed by atoms with Crippen molar-refractivity contribution in [3.63, 3.8) is 0 Å². The third-order valence-corrected chi connectivity index (χ3v) is 2.42. The van der Waals surface area contributed by atoms with E-state index in [4.69, 9.17) is 4.74 Å². The maximum absolute atomic E-state index is 13.7. The molecule has 98 valence electrons. The second kappa shape index (κ2) is 5.43.